The third-order valence-electron chi connectivity index (χ3n) is 9.29. The molecule has 306 valence electrons. The van der Waals surface area contributed by atoms with Crippen molar-refractivity contribution in [2.75, 3.05) is 19.6 Å². The molecule has 13 N–H and O–H groups in total. The number of aliphatic imine (C=N–C) groups is 1. The van der Waals surface area contributed by atoms with Crippen molar-refractivity contribution in [2.45, 2.75) is 102 Å². The molecule has 2 aromatic carbocycles. The molecule has 0 unspecified atom stereocenters. The molecule has 1 saturated heterocycles. The lowest BCUT2D eigenvalue weighted by Gasteiger charge is -2.38. The van der Waals surface area contributed by atoms with Crippen LogP contribution in [-0.2, 0) is 40.0 Å². The van der Waals surface area contributed by atoms with E-state index in [0.29, 0.717) is 18.4 Å². The van der Waals surface area contributed by atoms with E-state index >= 15 is 0 Å². The molecule has 1 heterocycles. The van der Waals surface area contributed by atoms with Gasteiger partial charge in [0.2, 0.25) is 35.4 Å². The number of rotatable bonds is 19. The Kier molecular flexibility index (Phi) is 17.0. The second-order valence-electron chi connectivity index (χ2n) is 13.8. The van der Waals surface area contributed by atoms with Crippen LogP contribution in [-0.4, -0.2) is 124 Å². The van der Waals surface area contributed by atoms with Crippen LogP contribution >= 0.6 is 0 Å². The zero-order valence-electron chi connectivity index (χ0n) is 31.8. The SMILES string of the molecule is C[C@H](NC(=O)[C@H](CCCN=C(N)N)NC(=O)[C@H](Cc1ccc2ccccc2c1)NC(=O)[C@@H]1CCCCN1C(=O)[C@H](NC(=O)CN)[C@H](C)O)C(=O)N[C@H](C)C(=O)O. The number of hydrogen-bond donors (Lipinski definition) is 10. The fraction of sp³-hybridized carbons (Fsp3) is 0.514. The highest BCUT2D eigenvalue weighted by Gasteiger charge is 2.39. The number of aliphatic carboxylic acids is 1. The predicted octanol–water partition coefficient (Wildman–Crippen LogP) is -2.30. The first kappa shape index (κ1) is 44.6. The molecule has 1 aliphatic heterocycles. The van der Waals surface area contributed by atoms with Gasteiger partial charge >= 0.3 is 5.97 Å². The fourth-order valence-corrected chi connectivity index (χ4v) is 6.17. The number of aliphatic hydroxyl groups excluding tert-OH is 1. The number of nitrogens with two attached hydrogens (primary N) is 3. The van der Waals surface area contributed by atoms with E-state index in [0.717, 1.165) is 10.8 Å². The first-order valence-corrected chi connectivity index (χ1v) is 18.5. The highest BCUT2D eigenvalue weighted by Crippen LogP contribution is 2.21. The van der Waals surface area contributed by atoms with Crippen molar-refractivity contribution >= 4 is 58.1 Å². The van der Waals surface area contributed by atoms with Crippen molar-refractivity contribution in [3.8, 4) is 0 Å². The van der Waals surface area contributed by atoms with E-state index in [1.54, 1.807) is 6.07 Å². The minimum Gasteiger partial charge on any atom is -0.480 e. The highest BCUT2D eigenvalue weighted by molar-refractivity contribution is 5.97. The smallest absolute Gasteiger partial charge is 0.325 e. The van der Waals surface area contributed by atoms with Gasteiger partial charge in [0.1, 0.15) is 36.3 Å². The summed E-state index contributed by atoms with van der Waals surface area (Å²) in [4.78, 5) is 96.7. The van der Waals surface area contributed by atoms with E-state index < -0.39 is 90.3 Å². The molecular weight excluding hydrogens is 728 g/mol. The summed E-state index contributed by atoms with van der Waals surface area (Å²) in [5.41, 5.74) is 17.0. The van der Waals surface area contributed by atoms with Crippen LogP contribution in [0.1, 0.15) is 58.4 Å². The zero-order valence-corrected chi connectivity index (χ0v) is 31.8. The summed E-state index contributed by atoms with van der Waals surface area (Å²) in [5.74, 6) is -5.77. The van der Waals surface area contributed by atoms with Crippen LogP contribution in [0, 0.1) is 0 Å². The van der Waals surface area contributed by atoms with Gasteiger partial charge in [-0.3, -0.25) is 38.6 Å². The van der Waals surface area contributed by atoms with Crippen molar-refractivity contribution < 1.29 is 43.8 Å². The zero-order chi connectivity index (χ0) is 41.5. The van der Waals surface area contributed by atoms with Crippen LogP contribution in [0.15, 0.2) is 47.5 Å². The van der Waals surface area contributed by atoms with Gasteiger partial charge in [0.05, 0.1) is 12.6 Å². The number of piperidine rings is 1. The van der Waals surface area contributed by atoms with Crippen LogP contribution in [0.4, 0.5) is 0 Å². The summed E-state index contributed by atoms with van der Waals surface area (Å²) in [7, 11) is 0. The Morgan fingerprint density at radius 1 is 0.839 bits per heavy atom. The summed E-state index contributed by atoms with van der Waals surface area (Å²) in [6.07, 6.45) is 0.252. The summed E-state index contributed by atoms with van der Waals surface area (Å²) >= 11 is 0. The minimum atomic E-state index is -1.37. The molecule has 0 aromatic heterocycles. The summed E-state index contributed by atoms with van der Waals surface area (Å²) in [5, 5.41) is 34.0. The molecule has 56 heavy (non-hydrogen) atoms. The standard InChI is InChI=1S/C37H54N10O9/c1-20(31(50)43-21(2)36(55)56)42-32(51)26(11-8-15-41-37(39)40)44-33(52)27(18-23-13-14-24-9-4-5-10-25(24)17-23)45-34(53)28-12-6-7-16-47(28)35(54)30(22(3)48)46-29(49)19-38/h4-5,9-10,13-14,17,20-22,26-28,30,48H,6-8,11-12,15-16,18-19,38H2,1-3H3,(H,42,51)(H,43,50)(H,44,52)(H,45,53)(H,46,49)(H,55,56)(H4,39,40,41)/t20-,21+,22-,26-,27-,28-,30+/m0/s1. The number of carbonyl (C=O) groups excluding carboxylic acids is 6. The number of hydrogen-bond acceptors (Lipinski definition) is 10. The number of benzene rings is 2. The third kappa shape index (κ3) is 13.2. The van der Waals surface area contributed by atoms with E-state index in [-0.39, 0.29) is 44.7 Å². The fourth-order valence-electron chi connectivity index (χ4n) is 6.17. The average Bonchev–Trinajstić information content (AvgIpc) is 3.16. The molecule has 1 aliphatic rings. The molecule has 0 bridgehead atoms. The largest absolute Gasteiger partial charge is 0.480 e. The van der Waals surface area contributed by atoms with Gasteiger partial charge in [-0.1, -0.05) is 42.5 Å². The quantitative estimate of drug-likeness (QED) is 0.0409. The van der Waals surface area contributed by atoms with E-state index in [2.05, 4.69) is 31.6 Å². The van der Waals surface area contributed by atoms with Gasteiger partial charge in [0.25, 0.3) is 0 Å². The van der Waals surface area contributed by atoms with Gasteiger partial charge in [0, 0.05) is 19.5 Å². The Labute approximate surface area is 324 Å². The molecule has 0 radical (unpaired) electrons. The van der Waals surface area contributed by atoms with Crippen molar-refractivity contribution in [3.63, 3.8) is 0 Å². The van der Waals surface area contributed by atoms with Gasteiger partial charge in [-0.2, -0.15) is 0 Å². The van der Waals surface area contributed by atoms with E-state index in [9.17, 15) is 38.7 Å². The van der Waals surface area contributed by atoms with E-state index in [1.165, 1.54) is 25.7 Å². The molecule has 19 nitrogen and oxygen atoms in total. The summed E-state index contributed by atoms with van der Waals surface area (Å²) in [6, 6.07) is 5.70. The first-order valence-electron chi connectivity index (χ1n) is 18.5. The lowest BCUT2D eigenvalue weighted by atomic mass is 9.97. The lowest BCUT2D eigenvalue weighted by Crippen LogP contribution is -2.62. The number of nitrogens with zero attached hydrogens (tertiary/aromatic N) is 2. The van der Waals surface area contributed by atoms with Gasteiger partial charge < -0.3 is 58.9 Å². The number of carboxylic acids is 1. The van der Waals surface area contributed by atoms with Gasteiger partial charge in [-0.15, -0.1) is 0 Å². The Hall–Kier alpha value is -5.82. The van der Waals surface area contributed by atoms with Crippen molar-refractivity contribution in [3.05, 3.63) is 48.0 Å². The van der Waals surface area contributed by atoms with Crippen LogP contribution < -0.4 is 43.8 Å². The highest BCUT2D eigenvalue weighted by atomic mass is 16.4. The number of carbonyl (C=O) groups is 7. The number of amides is 6. The summed E-state index contributed by atoms with van der Waals surface area (Å²) in [6.45, 7) is 3.78. The number of carboxylic acid groups (broad SMARTS) is 1. The van der Waals surface area contributed by atoms with Crippen molar-refractivity contribution in [1.29, 1.82) is 0 Å². The molecule has 1 fully saturated rings. The second-order valence-corrected chi connectivity index (χ2v) is 13.8. The predicted molar refractivity (Wildman–Crippen MR) is 206 cm³/mol. The van der Waals surface area contributed by atoms with E-state index in [1.807, 2.05) is 36.4 Å². The Morgan fingerprint density at radius 3 is 2.14 bits per heavy atom. The Bertz CT molecular complexity index is 1770. The minimum absolute atomic E-state index is 0.00498. The molecule has 7 atom stereocenters. The van der Waals surface area contributed by atoms with Crippen LogP contribution in [0.5, 0.6) is 0 Å². The number of nitrogens with one attached hydrogen (secondary N) is 5. The normalized spacial score (nSPS) is 17.2. The Morgan fingerprint density at radius 2 is 1.50 bits per heavy atom. The number of guanidine groups is 1. The molecule has 2 aromatic rings. The number of fused-ring (bicyclic) bond motifs is 1. The Balaban J connectivity index is 1.93. The molecule has 0 aliphatic carbocycles. The topological polar surface area (TPSA) is 314 Å². The van der Waals surface area contributed by atoms with Crippen molar-refractivity contribution in [2.24, 2.45) is 22.2 Å². The third-order valence-corrected chi connectivity index (χ3v) is 9.29. The van der Waals surface area contributed by atoms with Gasteiger partial charge in [-0.05, 0) is 69.2 Å². The monoisotopic (exact) mass is 782 g/mol. The maximum absolute atomic E-state index is 14.2. The molecule has 0 saturated carbocycles. The van der Waals surface area contributed by atoms with E-state index in [4.69, 9.17) is 22.3 Å². The second kappa shape index (κ2) is 21.3. The molecule has 0 spiro atoms. The van der Waals surface area contributed by atoms with Crippen LogP contribution in [0.2, 0.25) is 0 Å². The molecule has 3 rings (SSSR count). The number of likely N-dealkylation sites (tertiary alicyclic amines) is 1. The first-order chi connectivity index (χ1) is 26.5. The molecule has 6 amide bonds. The summed E-state index contributed by atoms with van der Waals surface area (Å²) < 4.78 is 0. The molecule has 19 heteroatoms. The average molecular weight is 783 g/mol. The maximum atomic E-state index is 14.2. The molecular formula is C37H54N10O9. The lowest BCUT2D eigenvalue weighted by molar-refractivity contribution is -0.147. The maximum Gasteiger partial charge on any atom is 0.325 e. The van der Waals surface area contributed by atoms with Gasteiger partial charge in [-0.25, -0.2) is 0 Å². The van der Waals surface area contributed by atoms with Crippen LogP contribution in [0.3, 0.4) is 0 Å². The van der Waals surface area contributed by atoms with Crippen molar-refractivity contribution in [1.82, 2.24) is 31.5 Å². The van der Waals surface area contributed by atoms with Gasteiger partial charge in [0.15, 0.2) is 5.96 Å². The van der Waals surface area contributed by atoms with Crippen LogP contribution in [0.25, 0.3) is 10.8 Å². The number of aliphatic hydroxyl groups is 1.